The summed E-state index contributed by atoms with van der Waals surface area (Å²) in [5, 5.41) is 14.5. The Labute approximate surface area is 192 Å². The number of aromatic nitrogens is 5. The number of ether oxygens (including phenoxy) is 1. The topological polar surface area (TPSA) is 110 Å². The molecule has 10 heteroatoms. The predicted molar refractivity (Wildman–Crippen MR) is 124 cm³/mol. The van der Waals surface area contributed by atoms with Gasteiger partial charge in [-0.1, -0.05) is 19.8 Å². The molecule has 0 saturated heterocycles. The highest BCUT2D eigenvalue weighted by Crippen LogP contribution is 2.43. The lowest BCUT2D eigenvalue weighted by Crippen LogP contribution is -2.42. The number of methoxy groups -OCH3 is 1. The molecule has 1 aliphatic carbocycles. The molecule has 1 saturated carbocycles. The summed E-state index contributed by atoms with van der Waals surface area (Å²) in [7, 11) is 3.17. The largest absolute Gasteiger partial charge is 0.495 e. The maximum atomic E-state index is 12.0. The molecule has 2 N–H and O–H groups in total. The smallest absolute Gasteiger partial charge is 0.251 e. The molecule has 10 nitrogen and oxygen atoms in total. The molecule has 1 aromatic carbocycles. The van der Waals surface area contributed by atoms with E-state index in [1.807, 2.05) is 10.8 Å². The Balaban J connectivity index is 1.54. The van der Waals surface area contributed by atoms with E-state index in [2.05, 4.69) is 37.6 Å². The zero-order valence-electron chi connectivity index (χ0n) is 19.1. The van der Waals surface area contributed by atoms with Crippen LogP contribution in [0.25, 0.3) is 5.69 Å². The van der Waals surface area contributed by atoms with Crippen molar-refractivity contribution < 1.29 is 9.53 Å². The third kappa shape index (κ3) is 3.65. The molecule has 1 amide bonds. The number of anilines is 3. The molecule has 1 unspecified atom stereocenters. The van der Waals surface area contributed by atoms with Crippen molar-refractivity contribution in [2.24, 2.45) is 0 Å². The summed E-state index contributed by atoms with van der Waals surface area (Å²) < 4.78 is 7.51. The number of fused-ring (bicyclic) bond motifs is 3. The highest BCUT2D eigenvalue weighted by atomic mass is 16.5. The van der Waals surface area contributed by atoms with Gasteiger partial charge in [0.2, 0.25) is 5.95 Å². The van der Waals surface area contributed by atoms with Gasteiger partial charge in [-0.3, -0.25) is 9.36 Å². The van der Waals surface area contributed by atoms with E-state index in [1.165, 1.54) is 12.8 Å². The van der Waals surface area contributed by atoms with E-state index >= 15 is 0 Å². The highest BCUT2D eigenvalue weighted by Gasteiger charge is 2.38. The summed E-state index contributed by atoms with van der Waals surface area (Å²) in [6.45, 7) is 2.18. The van der Waals surface area contributed by atoms with Gasteiger partial charge in [0.15, 0.2) is 11.6 Å². The summed E-state index contributed by atoms with van der Waals surface area (Å²) in [6, 6.07) is 5.77. The van der Waals surface area contributed by atoms with Crippen LogP contribution < -0.4 is 20.3 Å². The first kappa shape index (κ1) is 21.2. The number of benzene rings is 1. The molecule has 3 heterocycles. The number of carbonyl (C=O) groups is 1. The summed E-state index contributed by atoms with van der Waals surface area (Å²) in [6.07, 6.45) is 9.21. The van der Waals surface area contributed by atoms with Crippen molar-refractivity contribution in [3.05, 3.63) is 42.1 Å². The average molecular weight is 449 g/mol. The first-order chi connectivity index (χ1) is 16.1. The monoisotopic (exact) mass is 448 g/mol. The van der Waals surface area contributed by atoms with Gasteiger partial charge in [0.05, 0.1) is 25.0 Å². The van der Waals surface area contributed by atoms with E-state index in [0.29, 0.717) is 29.0 Å². The molecule has 2 aromatic heterocycles. The lowest BCUT2D eigenvalue weighted by molar-refractivity contribution is 0.0963. The quantitative estimate of drug-likeness (QED) is 0.591. The molecular formula is C23H28N8O2. The summed E-state index contributed by atoms with van der Waals surface area (Å²) in [5.74, 6) is 2.66. The summed E-state index contributed by atoms with van der Waals surface area (Å²) >= 11 is 0. The molecule has 0 spiro atoms. The number of hydrogen-bond acceptors (Lipinski definition) is 8. The fraction of sp³-hybridized carbons (Fsp3) is 0.435. The fourth-order valence-electron chi connectivity index (χ4n) is 4.91. The van der Waals surface area contributed by atoms with Gasteiger partial charge in [-0.15, -0.1) is 10.2 Å². The van der Waals surface area contributed by atoms with Crippen LogP contribution in [-0.2, 0) is 0 Å². The standard InChI is InChI=1S/C23H28N8O2/c1-4-17-21-29-26-13-30(21)18-12-25-23(28-20(18)31(17)15-7-5-6-8-15)27-16-10-9-14(22(32)24-2)11-19(16)33-3/h9-13,15,17H,4-8H2,1-3H3,(H,24,32)(H,25,27,28). The van der Waals surface area contributed by atoms with Crippen LogP contribution in [0.3, 0.4) is 0 Å². The van der Waals surface area contributed by atoms with Crippen LogP contribution in [0.2, 0.25) is 0 Å². The number of rotatable bonds is 6. The van der Waals surface area contributed by atoms with E-state index in [0.717, 1.165) is 36.6 Å². The van der Waals surface area contributed by atoms with Gasteiger partial charge in [0, 0.05) is 18.7 Å². The molecule has 0 radical (unpaired) electrons. The third-order valence-corrected chi connectivity index (χ3v) is 6.50. The highest BCUT2D eigenvalue weighted by molar-refractivity contribution is 5.95. The normalized spacial score (nSPS) is 17.4. The van der Waals surface area contributed by atoms with Crippen molar-refractivity contribution in [2.45, 2.75) is 51.1 Å². The van der Waals surface area contributed by atoms with Gasteiger partial charge in [-0.2, -0.15) is 4.98 Å². The molecule has 3 aromatic rings. The number of amides is 1. The molecule has 172 valence electrons. The van der Waals surface area contributed by atoms with Crippen molar-refractivity contribution in [1.29, 1.82) is 0 Å². The Hall–Kier alpha value is -3.69. The van der Waals surface area contributed by atoms with Crippen LogP contribution in [0.15, 0.2) is 30.7 Å². The predicted octanol–water partition coefficient (Wildman–Crippen LogP) is 3.38. The fourth-order valence-corrected chi connectivity index (χ4v) is 4.91. The molecule has 1 fully saturated rings. The second-order valence-electron chi connectivity index (χ2n) is 8.35. The summed E-state index contributed by atoms with van der Waals surface area (Å²) in [4.78, 5) is 23.9. The first-order valence-corrected chi connectivity index (χ1v) is 11.4. The number of nitrogens with one attached hydrogen (secondary N) is 2. The Bertz CT molecular complexity index is 1170. The number of nitrogens with zero attached hydrogens (tertiary/aromatic N) is 6. The molecule has 2 aliphatic rings. The van der Waals surface area contributed by atoms with E-state index in [4.69, 9.17) is 9.72 Å². The maximum absolute atomic E-state index is 12.0. The molecule has 5 rings (SSSR count). The van der Waals surface area contributed by atoms with Crippen molar-refractivity contribution >= 4 is 23.4 Å². The van der Waals surface area contributed by atoms with Crippen LogP contribution in [-0.4, -0.2) is 50.8 Å². The Morgan fingerprint density at radius 2 is 2.09 bits per heavy atom. The van der Waals surface area contributed by atoms with Crippen molar-refractivity contribution in [3.63, 3.8) is 0 Å². The SMILES string of the molecule is CCC1c2nncn2-c2cnc(Nc3ccc(C(=O)NC)cc3OC)nc2N1C1CCCC1. The molecule has 0 bridgehead atoms. The van der Waals surface area contributed by atoms with E-state index in [1.54, 1.807) is 38.7 Å². The lowest BCUT2D eigenvalue weighted by atomic mass is 10.0. The summed E-state index contributed by atoms with van der Waals surface area (Å²) in [5.41, 5.74) is 2.09. The van der Waals surface area contributed by atoms with Gasteiger partial charge in [-0.25, -0.2) is 4.98 Å². The number of carbonyl (C=O) groups excluding carboxylic acids is 1. The average Bonchev–Trinajstić information content (AvgIpc) is 3.55. The molecule has 1 aliphatic heterocycles. The van der Waals surface area contributed by atoms with Crippen LogP contribution in [0.4, 0.5) is 17.5 Å². The maximum Gasteiger partial charge on any atom is 0.251 e. The Morgan fingerprint density at radius 1 is 1.27 bits per heavy atom. The Kier molecular flexibility index (Phi) is 5.57. The van der Waals surface area contributed by atoms with E-state index in [-0.39, 0.29) is 11.9 Å². The van der Waals surface area contributed by atoms with E-state index < -0.39 is 0 Å². The first-order valence-electron chi connectivity index (χ1n) is 11.4. The lowest BCUT2D eigenvalue weighted by Gasteiger charge is -2.40. The third-order valence-electron chi connectivity index (χ3n) is 6.50. The van der Waals surface area contributed by atoms with Crippen LogP contribution in [0, 0.1) is 0 Å². The van der Waals surface area contributed by atoms with Gasteiger partial charge in [0.25, 0.3) is 5.91 Å². The van der Waals surface area contributed by atoms with Crippen molar-refractivity contribution in [3.8, 4) is 11.4 Å². The molecule has 1 atom stereocenters. The van der Waals surface area contributed by atoms with Gasteiger partial charge in [-0.05, 0) is 37.5 Å². The van der Waals surface area contributed by atoms with Crippen molar-refractivity contribution in [2.75, 3.05) is 24.4 Å². The van der Waals surface area contributed by atoms with E-state index in [9.17, 15) is 4.79 Å². The van der Waals surface area contributed by atoms with Crippen LogP contribution in [0.1, 0.15) is 61.3 Å². The minimum atomic E-state index is -0.174. The minimum Gasteiger partial charge on any atom is -0.495 e. The van der Waals surface area contributed by atoms with Gasteiger partial charge >= 0.3 is 0 Å². The van der Waals surface area contributed by atoms with Crippen LogP contribution >= 0.6 is 0 Å². The molecular weight excluding hydrogens is 420 g/mol. The second-order valence-corrected chi connectivity index (χ2v) is 8.35. The zero-order valence-corrected chi connectivity index (χ0v) is 19.1. The minimum absolute atomic E-state index is 0.118. The second kappa shape index (κ2) is 8.68. The Morgan fingerprint density at radius 3 is 2.82 bits per heavy atom. The van der Waals surface area contributed by atoms with Gasteiger partial charge in [0.1, 0.15) is 17.8 Å². The molecule has 33 heavy (non-hydrogen) atoms. The van der Waals surface area contributed by atoms with Gasteiger partial charge < -0.3 is 20.3 Å². The van der Waals surface area contributed by atoms with Crippen LogP contribution in [0.5, 0.6) is 5.75 Å². The zero-order chi connectivity index (χ0) is 22.9. The number of hydrogen-bond donors (Lipinski definition) is 2. The van der Waals surface area contributed by atoms with Crippen molar-refractivity contribution in [1.82, 2.24) is 30.0 Å².